The van der Waals surface area contributed by atoms with E-state index in [0.29, 0.717) is 35.5 Å². The van der Waals surface area contributed by atoms with Crippen LogP contribution in [0.1, 0.15) is 31.3 Å². The van der Waals surface area contributed by atoms with Crippen LogP contribution < -0.4 is 4.74 Å². The van der Waals surface area contributed by atoms with E-state index < -0.39 is 6.10 Å². The van der Waals surface area contributed by atoms with Crippen molar-refractivity contribution in [2.45, 2.75) is 32.5 Å². The van der Waals surface area contributed by atoms with Gasteiger partial charge in [0.15, 0.2) is 0 Å². The van der Waals surface area contributed by atoms with Crippen molar-refractivity contribution in [2.75, 3.05) is 13.2 Å². The smallest absolute Gasteiger partial charge is 0.130 e. The van der Waals surface area contributed by atoms with Crippen molar-refractivity contribution >= 4 is 6.08 Å². The molecule has 0 radical (unpaired) electrons. The largest absolute Gasteiger partial charge is 0.489 e. The highest BCUT2D eigenvalue weighted by Crippen LogP contribution is 2.22. The van der Waals surface area contributed by atoms with Gasteiger partial charge in [0.2, 0.25) is 0 Å². The second-order valence-electron chi connectivity index (χ2n) is 6.55. The average Bonchev–Trinajstić information content (AvgIpc) is 3.16. The van der Waals surface area contributed by atoms with Gasteiger partial charge < -0.3 is 24.5 Å². The van der Waals surface area contributed by atoms with Crippen molar-refractivity contribution in [2.24, 2.45) is 0 Å². The highest BCUT2D eigenvalue weighted by Gasteiger charge is 2.15. The number of allylic oxidation sites excluding steroid dienone is 1. The Morgan fingerprint density at radius 2 is 1.93 bits per heavy atom. The number of para-hydroxylation sites is 1. The molecule has 0 fully saturated rings. The third-order valence-electron chi connectivity index (χ3n) is 4.27. The minimum Gasteiger partial charge on any atom is -0.489 e. The molecule has 0 saturated carbocycles. The summed E-state index contributed by atoms with van der Waals surface area (Å²) in [6.07, 6.45) is 3.82. The Morgan fingerprint density at radius 1 is 1.18 bits per heavy atom. The molecule has 0 spiro atoms. The van der Waals surface area contributed by atoms with Crippen molar-refractivity contribution < 1.29 is 24.5 Å². The van der Waals surface area contributed by atoms with Crippen molar-refractivity contribution in [1.82, 2.24) is 0 Å². The molecule has 3 N–H and O–H groups in total. The molecule has 1 aromatic carbocycles. The number of benzene rings is 1. The fourth-order valence-electron chi connectivity index (χ4n) is 2.78. The zero-order valence-corrected chi connectivity index (χ0v) is 16.2. The molecule has 2 rings (SSSR count). The maximum absolute atomic E-state index is 10.6. The lowest BCUT2D eigenvalue weighted by Crippen LogP contribution is -2.16. The van der Waals surface area contributed by atoms with Gasteiger partial charge >= 0.3 is 0 Å². The third kappa shape index (κ3) is 6.85. The molecule has 1 heterocycles. The van der Waals surface area contributed by atoms with Crippen LogP contribution in [0.4, 0.5) is 0 Å². The van der Waals surface area contributed by atoms with E-state index >= 15 is 0 Å². The van der Waals surface area contributed by atoms with Gasteiger partial charge in [-0.2, -0.15) is 0 Å². The molecule has 1 atom stereocenters. The Morgan fingerprint density at radius 3 is 2.57 bits per heavy atom. The number of hydrogen-bond donors (Lipinski definition) is 3. The maximum Gasteiger partial charge on any atom is 0.130 e. The summed E-state index contributed by atoms with van der Waals surface area (Å²) in [6.45, 7) is 5.88. The Bertz CT molecular complexity index is 801. The summed E-state index contributed by atoms with van der Waals surface area (Å²) in [5.74, 6) is 1.91. The first-order chi connectivity index (χ1) is 13.5. The number of furan rings is 1. The lowest BCUT2D eigenvalue weighted by atomic mass is 9.96. The molecular weight excluding hydrogens is 356 g/mol. The number of hydrogen-bond acceptors (Lipinski definition) is 5. The van der Waals surface area contributed by atoms with E-state index in [1.807, 2.05) is 43.3 Å². The van der Waals surface area contributed by atoms with E-state index in [2.05, 4.69) is 6.58 Å². The Hall–Kier alpha value is -2.60. The SMILES string of the molecule is C=C(COc1ccccc1)/C(=C/CO)C(O)CC/C(C)=C/c1ccc(CO)o1. The van der Waals surface area contributed by atoms with Gasteiger partial charge in [0.25, 0.3) is 0 Å². The van der Waals surface area contributed by atoms with E-state index in [4.69, 9.17) is 14.3 Å². The van der Waals surface area contributed by atoms with Crippen LogP contribution >= 0.6 is 0 Å². The molecule has 2 aromatic rings. The molecule has 28 heavy (non-hydrogen) atoms. The number of aliphatic hydroxyl groups excluding tert-OH is 3. The topological polar surface area (TPSA) is 83.1 Å². The summed E-state index contributed by atoms with van der Waals surface area (Å²) in [7, 11) is 0. The van der Waals surface area contributed by atoms with E-state index in [1.165, 1.54) is 0 Å². The van der Waals surface area contributed by atoms with Crippen LogP contribution in [0.25, 0.3) is 6.08 Å². The van der Waals surface area contributed by atoms with Crippen LogP contribution in [0.3, 0.4) is 0 Å². The van der Waals surface area contributed by atoms with Crippen LogP contribution in [0.2, 0.25) is 0 Å². The minimum atomic E-state index is -0.757. The van der Waals surface area contributed by atoms with Crippen molar-refractivity contribution in [3.05, 3.63) is 83.4 Å². The predicted molar refractivity (Wildman–Crippen MR) is 110 cm³/mol. The Balaban J connectivity index is 1.91. The van der Waals surface area contributed by atoms with Gasteiger partial charge in [-0.05, 0) is 61.3 Å². The second kappa shape index (κ2) is 11.3. The minimum absolute atomic E-state index is 0.131. The second-order valence-corrected chi connectivity index (χ2v) is 6.55. The summed E-state index contributed by atoms with van der Waals surface area (Å²) in [4.78, 5) is 0. The van der Waals surface area contributed by atoms with Crippen molar-refractivity contribution in [1.29, 1.82) is 0 Å². The quantitative estimate of drug-likeness (QED) is 0.512. The predicted octanol–water partition coefficient (Wildman–Crippen LogP) is 3.87. The highest BCUT2D eigenvalue weighted by atomic mass is 16.5. The summed E-state index contributed by atoms with van der Waals surface area (Å²) in [6, 6.07) is 12.9. The van der Waals surface area contributed by atoms with Crippen LogP contribution in [0, 0.1) is 0 Å². The molecule has 0 amide bonds. The van der Waals surface area contributed by atoms with Gasteiger partial charge in [0.05, 0.1) is 12.7 Å². The van der Waals surface area contributed by atoms with Crippen LogP contribution in [-0.2, 0) is 6.61 Å². The van der Waals surface area contributed by atoms with Gasteiger partial charge in [0, 0.05) is 0 Å². The lowest BCUT2D eigenvalue weighted by Gasteiger charge is -2.18. The van der Waals surface area contributed by atoms with E-state index in [0.717, 1.165) is 11.3 Å². The summed E-state index contributed by atoms with van der Waals surface area (Å²) in [5, 5.41) is 28.9. The first-order valence-electron chi connectivity index (χ1n) is 9.25. The van der Waals surface area contributed by atoms with Crippen LogP contribution in [-0.4, -0.2) is 34.6 Å². The number of ether oxygens (including phenoxy) is 1. The van der Waals surface area contributed by atoms with Gasteiger partial charge in [0.1, 0.15) is 30.5 Å². The summed E-state index contributed by atoms with van der Waals surface area (Å²) in [5.41, 5.74) is 2.25. The van der Waals surface area contributed by atoms with Crippen LogP contribution in [0.5, 0.6) is 5.75 Å². The first kappa shape index (κ1) is 21.7. The lowest BCUT2D eigenvalue weighted by molar-refractivity contribution is 0.198. The first-order valence-corrected chi connectivity index (χ1v) is 9.25. The maximum atomic E-state index is 10.6. The van der Waals surface area contributed by atoms with Crippen molar-refractivity contribution in [3.63, 3.8) is 0 Å². The summed E-state index contributed by atoms with van der Waals surface area (Å²) < 4.78 is 11.1. The molecule has 5 heteroatoms. The zero-order chi connectivity index (χ0) is 20.4. The van der Waals surface area contributed by atoms with Crippen LogP contribution in [0.15, 0.2) is 76.3 Å². The molecule has 0 aliphatic carbocycles. The molecule has 150 valence electrons. The average molecular weight is 384 g/mol. The Labute approximate surface area is 165 Å². The monoisotopic (exact) mass is 384 g/mol. The van der Waals surface area contributed by atoms with E-state index in [9.17, 15) is 10.2 Å². The molecule has 0 aliphatic rings. The fourth-order valence-corrected chi connectivity index (χ4v) is 2.78. The van der Waals surface area contributed by atoms with E-state index in [-0.39, 0.29) is 19.8 Å². The number of aliphatic hydroxyl groups is 3. The molecule has 0 bridgehead atoms. The van der Waals surface area contributed by atoms with Gasteiger partial charge in [-0.1, -0.05) is 36.4 Å². The number of rotatable bonds is 11. The van der Waals surface area contributed by atoms with E-state index in [1.54, 1.807) is 18.2 Å². The van der Waals surface area contributed by atoms with Gasteiger partial charge in [-0.25, -0.2) is 0 Å². The van der Waals surface area contributed by atoms with Gasteiger partial charge in [-0.15, -0.1) is 0 Å². The summed E-state index contributed by atoms with van der Waals surface area (Å²) >= 11 is 0. The molecule has 0 aliphatic heterocycles. The standard InChI is InChI=1S/C23H28O5/c1-17(14-20-9-10-21(15-25)28-20)8-11-23(26)22(12-13-24)18(2)16-27-19-6-4-3-5-7-19/h3-7,9-10,12,14,23-26H,2,8,11,13,15-16H2,1H3/b17-14+,22-12-. The molecule has 5 nitrogen and oxygen atoms in total. The highest BCUT2D eigenvalue weighted by molar-refractivity contribution is 5.47. The molecule has 1 unspecified atom stereocenters. The molecule has 1 aromatic heterocycles. The third-order valence-corrected chi connectivity index (χ3v) is 4.27. The molecular formula is C23H28O5. The zero-order valence-electron chi connectivity index (χ0n) is 16.2. The fraction of sp³-hybridized carbons (Fsp3) is 0.304. The van der Waals surface area contributed by atoms with Gasteiger partial charge in [-0.3, -0.25) is 0 Å². The normalized spacial score (nSPS) is 13.4. The molecule has 0 saturated heterocycles. The van der Waals surface area contributed by atoms with Crippen molar-refractivity contribution in [3.8, 4) is 5.75 Å². The Kier molecular flexibility index (Phi) is 8.75.